The van der Waals surface area contributed by atoms with Gasteiger partial charge in [-0.3, -0.25) is 9.78 Å². The van der Waals surface area contributed by atoms with E-state index in [1.54, 1.807) is 18.5 Å². The molecule has 114 valence electrons. The quantitative estimate of drug-likeness (QED) is 0.756. The molecule has 0 aliphatic carbocycles. The highest BCUT2D eigenvalue weighted by atomic mass is 16.1. The fourth-order valence-corrected chi connectivity index (χ4v) is 2.07. The molecule has 0 saturated heterocycles. The van der Waals surface area contributed by atoms with Gasteiger partial charge in [0, 0.05) is 24.5 Å². The van der Waals surface area contributed by atoms with Gasteiger partial charge in [-0.1, -0.05) is 45.0 Å². The van der Waals surface area contributed by atoms with E-state index in [1.807, 2.05) is 0 Å². The number of hydrogen-bond donors (Lipinski definition) is 2. The first kappa shape index (κ1) is 17.2. The summed E-state index contributed by atoms with van der Waals surface area (Å²) in [5, 5.41) is 2.99. The zero-order valence-corrected chi connectivity index (χ0v) is 13.0. The van der Waals surface area contributed by atoms with Gasteiger partial charge < -0.3 is 11.1 Å². The molecule has 1 atom stereocenters. The molecule has 1 aromatic rings. The number of carbonyl (C=O) groups is 1. The number of aromatic nitrogens is 1. The standard InChI is InChI=1S/C17H25N3O/c1-3-5-7-14(4-2)12-20-17(21)16-10-15(8-6-9-18)11-19-13-16/h10-11,13-14H,3-5,7,9,12,18H2,1-2H3,(H,20,21). The minimum Gasteiger partial charge on any atom is -0.352 e. The Morgan fingerprint density at radius 3 is 2.90 bits per heavy atom. The number of carbonyl (C=O) groups excluding carboxylic acids is 1. The number of nitrogens with zero attached hydrogens (tertiary/aromatic N) is 1. The van der Waals surface area contributed by atoms with Crippen molar-refractivity contribution in [3.63, 3.8) is 0 Å². The Morgan fingerprint density at radius 1 is 1.43 bits per heavy atom. The summed E-state index contributed by atoms with van der Waals surface area (Å²) in [5.41, 5.74) is 6.60. The molecule has 0 spiro atoms. The van der Waals surface area contributed by atoms with Crippen LogP contribution in [-0.2, 0) is 0 Å². The number of nitrogens with two attached hydrogens (primary N) is 1. The highest BCUT2D eigenvalue weighted by Gasteiger charge is 2.10. The average Bonchev–Trinajstić information content (AvgIpc) is 2.53. The number of rotatable bonds is 7. The molecule has 4 nitrogen and oxygen atoms in total. The topological polar surface area (TPSA) is 68.0 Å². The molecular weight excluding hydrogens is 262 g/mol. The van der Waals surface area contributed by atoms with E-state index in [-0.39, 0.29) is 5.91 Å². The molecule has 0 aromatic carbocycles. The highest BCUT2D eigenvalue weighted by molar-refractivity contribution is 5.94. The van der Waals surface area contributed by atoms with E-state index in [2.05, 4.69) is 36.0 Å². The van der Waals surface area contributed by atoms with E-state index in [0.29, 0.717) is 30.1 Å². The Kier molecular flexibility index (Phi) is 8.15. The van der Waals surface area contributed by atoms with Crippen molar-refractivity contribution in [2.45, 2.75) is 39.5 Å². The summed E-state index contributed by atoms with van der Waals surface area (Å²) in [6.45, 7) is 5.36. The Bertz CT molecular complexity index is 502. The third-order valence-corrected chi connectivity index (χ3v) is 3.43. The van der Waals surface area contributed by atoms with Crippen LogP contribution in [0.1, 0.15) is 55.5 Å². The lowest BCUT2D eigenvalue weighted by Gasteiger charge is -2.15. The molecule has 0 saturated carbocycles. The van der Waals surface area contributed by atoms with Crippen LogP contribution in [0.5, 0.6) is 0 Å². The first-order valence-electron chi connectivity index (χ1n) is 7.63. The van der Waals surface area contributed by atoms with Crippen LogP contribution in [0.2, 0.25) is 0 Å². The molecule has 0 aliphatic heterocycles. The van der Waals surface area contributed by atoms with Gasteiger partial charge in [0.2, 0.25) is 0 Å². The van der Waals surface area contributed by atoms with E-state index in [0.717, 1.165) is 12.8 Å². The largest absolute Gasteiger partial charge is 0.352 e. The lowest BCUT2D eigenvalue weighted by Crippen LogP contribution is -2.29. The number of amides is 1. The molecule has 0 radical (unpaired) electrons. The van der Waals surface area contributed by atoms with E-state index >= 15 is 0 Å². The highest BCUT2D eigenvalue weighted by Crippen LogP contribution is 2.11. The third-order valence-electron chi connectivity index (χ3n) is 3.43. The fourth-order valence-electron chi connectivity index (χ4n) is 2.07. The lowest BCUT2D eigenvalue weighted by molar-refractivity contribution is 0.0945. The summed E-state index contributed by atoms with van der Waals surface area (Å²) in [6, 6.07) is 1.75. The van der Waals surface area contributed by atoms with E-state index in [9.17, 15) is 4.79 Å². The fraction of sp³-hybridized carbons (Fsp3) is 0.529. The van der Waals surface area contributed by atoms with Crippen molar-refractivity contribution in [2.24, 2.45) is 11.7 Å². The van der Waals surface area contributed by atoms with Gasteiger partial charge in [-0.25, -0.2) is 0 Å². The summed E-state index contributed by atoms with van der Waals surface area (Å²) < 4.78 is 0. The first-order chi connectivity index (χ1) is 10.2. The van der Waals surface area contributed by atoms with Crippen molar-refractivity contribution in [1.82, 2.24) is 10.3 Å². The van der Waals surface area contributed by atoms with Crippen LogP contribution in [0.3, 0.4) is 0 Å². The molecule has 21 heavy (non-hydrogen) atoms. The molecule has 1 aromatic heterocycles. The maximum Gasteiger partial charge on any atom is 0.252 e. The number of nitrogens with one attached hydrogen (secondary N) is 1. The van der Waals surface area contributed by atoms with Gasteiger partial charge in [-0.05, 0) is 18.4 Å². The Morgan fingerprint density at radius 2 is 2.24 bits per heavy atom. The Balaban J connectivity index is 2.58. The van der Waals surface area contributed by atoms with Gasteiger partial charge in [0.25, 0.3) is 5.91 Å². The molecule has 1 rings (SSSR count). The zero-order valence-electron chi connectivity index (χ0n) is 13.0. The van der Waals surface area contributed by atoms with Crippen LogP contribution in [0, 0.1) is 17.8 Å². The molecule has 3 N–H and O–H groups in total. The van der Waals surface area contributed by atoms with Crippen LogP contribution in [-0.4, -0.2) is 24.0 Å². The van der Waals surface area contributed by atoms with Crippen LogP contribution in [0.15, 0.2) is 18.5 Å². The predicted molar refractivity (Wildman–Crippen MR) is 85.8 cm³/mol. The number of pyridine rings is 1. The van der Waals surface area contributed by atoms with Crippen molar-refractivity contribution in [1.29, 1.82) is 0 Å². The number of hydrogen-bond acceptors (Lipinski definition) is 3. The molecular formula is C17H25N3O. The van der Waals surface area contributed by atoms with E-state index in [1.165, 1.54) is 12.8 Å². The van der Waals surface area contributed by atoms with Gasteiger partial charge in [0.15, 0.2) is 0 Å². The van der Waals surface area contributed by atoms with E-state index < -0.39 is 0 Å². The van der Waals surface area contributed by atoms with Crippen molar-refractivity contribution in [2.75, 3.05) is 13.1 Å². The molecule has 0 fully saturated rings. The molecule has 0 aliphatic rings. The van der Waals surface area contributed by atoms with Crippen molar-refractivity contribution < 1.29 is 4.79 Å². The third kappa shape index (κ3) is 6.42. The van der Waals surface area contributed by atoms with Crippen LogP contribution >= 0.6 is 0 Å². The monoisotopic (exact) mass is 287 g/mol. The second-order valence-electron chi connectivity index (χ2n) is 5.09. The molecule has 1 unspecified atom stereocenters. The summed E-state index contributed by atoms with van der Waals surface area (Å²) >= 11 is 0. The maximum absolute atomic E-state index is 12.1. The zero-order chi connectivity index (χ0) is 15.5. The summed E-state index contributed by atoms with van der Waals surface area (Å²) in [5.74, 6) is 6.10. The normalized spacial score (nSPS) is 11.4. The lowest BCUT2D eigenvalue weighted by atomic mass is 9.99. The summed E-state index contributed by atoms with van der Waals surface area (Å²) in [6.07, 6.45) is 7.84. The minimum atomic E-state index is -0.0890. The molecule has 4 heteroatoms. The first-order valence-corrected chi connectivity index (χ1v) is 7.63. The van der Waals surface area contributed by atoms with Crippen LogP contribution < -0.4 is 11.1 Å². The Hall–Kier alpha value is -1.86. The maximum atomic E-state index is 12.1. The predicted octanol–water partition coefficient (Wildman–Crippen LogP) is 2.34. The van der Waals surface area contributed by atoms with E-state index in [4.69, 9.17) is 5.73 Å². The Labute approximate surface area is 127 Å². The molecule has 1 amide bonds. The second-order valence-corrected chi connectivity index (χ2v) is 5.09. The minimum absolute atomic E-state index is 0.0890. The van der Waals surface area contributed by atoms with Crippen molar-refractivity contribution >= 4 is 5.91 Å². The van der Waals surface area contributed by atoms with Gasteiger partial charge >= 0.3 is 0 Å². The van der Waals surface area contributed by atoms with Gasteiger partial charge in [-0.2, -0.15) is 0 Å². The number of unbranched alkanes of at least 4 members (excludes halogenated alkanes) is 1. The summed E-state index contributed by atoms with van der Waals surface area (Å²) in [4.78, 5) is 16.2. The smallest absolute Gasteiger partial charge is 0.252 e. The average molecular weight is 287 g/mol. The van der Waals surface area contributed by atoms with Gasteiger partial charge in [-0.15, -0.1) is 0 Å². The second kappa shape index (κ2) is 9.95. The van der Waals surface area contributed by atoms with Crippen LogP contribution in [0.25, 0.3) is 0 Å². The SMILES string of the molecule is CCCCC(CC)CNC(=O)c1cncc(C#CCN)c1. The van der Waals surface area contributed by atoms with Gasteiger partial charge in [0.05, 0.1) is 12.1 Å². The van der Waals surface area contributed by atoms with Crippen molar-refractivity contribution in [3.8, 4) is 11.8 Å². The molecule has 1 heterocycles. The molecule has 0 bridgehead atoms. The van der Waals surface area contributed by atoms with Crippen LogP contribution in [0.4, 0.5) is 0 Å². The summed E-state index contributed by atoms with van der Waals surface area (Å²) in [7, 11) is 0. The van der Waals surface area contributed by atoms with Gasteiger partial charge in [0.1, 0.15) is 0 Å². The van der Waals surface area contributed by atoms with Crippen molar-refractivity contribution in [3.05, 3.63) is 29.6 Å².